The van der Waals surface area contributed by atoms with E-state index in [1.165, 1.54) is 17.8 Å². The van der Waals surface area contributed by atoms with Crippen LogP contribution in [0.1, 0.15) is 5.56 Å². The van der Waals surface area contributed by atoms with Gasteiger partial charge in [0.25, 0.3) is 5.69 Å². The Morgan fingerprint density at radius 2 is 2.17 bits per heavy atom. The first-order valence-corrected chi connectivity index (χ1v) is 10.7. The number of methoxy groups -OCH3 is 1. The highest BCUT2D eigenvalue weighted by Gasteiger charge is 2.27. The van der Waals surface area contributed by atoms with Gasteiger partial charge in [0.1, 0.15) is 0 Å². The van der Waals surface area contributed by atoms with E-state index in [0.717, 1.165) is 27.4 Å². The monoisotopic (exact) mass is 446 g/mol. The lowest BCUT2D eigenvalue weighted by Gasteiger charge is -2.17. The number of nitro benzene ring substituents is 1. The summed E-state index contributed by atoms with van der Waals surface area (Å²) in [5.41, 5.74) is 3.32. The predicted octanol–water partition coefficient (Wildman–Crippen LogP) is 3.93. The van der Waals surface area contributed by atoms with Crippen LogP contribution in [-0.4, -0.2) is 46.4 Å². The fourth-order valence-electron chi connectivity index (χ4n) is 3.55. The van der Waals surface area contributed by atoms with Crippen LogP contribution in [0.5, 0.6) is 0 Å². The molecule has 0 aliphatic carbocycles. The minimum Gasteiger partial charge on any atom is -0.383 e. The maximum atomic E-state index is 12.9. The van der Waals surface area contributed by atoms with E-state index >= 15 is 0 Å². The van der Waals surface area contributed by atoms with Crippen molar-refractivity contribution < 1.29 is 14.5 Å². The summed E-state index contributed by atoms with van der Waals surface area (Å²) < 4.78 is 7.23. The third-order valence-corrected chi connectivity index (χ3v) is 6.19. The molecule has 10 heteroatoms. The number of nitrogens with zero attached hydrogens (tertiary/aromatic N) is 4. The number of ether oxygens (including phenoxy) is 1. The van der Waals surface area contributed by atoms with Gasteiger partial charge in [-0.2, -0.15) is 0 Å². The molecule has 1 aliphatic rings. The van der Waals surface area contributed by atoms with Gasteiger partial charge in [-0.25, -0.2) is 4.98 Å². The number of fused-ring (bicyclic) bond motifs is 2. The van der Waals surface area contributed by atoms with Gasteiger partial charge in [0.2, 0.25) is 5.91 Å². The SMILES string of the molecule is COCCn1c(SCC(=O)N2CCc3cc([N+](=O)[O-])ccc32)nc2cc(Cl)ccc21. The number of hydrogen-bond donors (Lipinski definition) is 0. The lowest BCUT2D eigenvalue weighted by Crippen LogP contribution is -2.30. The lowest BCUT2D eigenvalue weighted by molar-refractivity contribution is -0.384. The number of halogens is 1. The van der Waals surface area contributed by atoms with Crippen LogP contribution in [0.25, 0.3) is 11.0 Å². The zero-order valence-electron chi connectivity index (χ0n) is 16.2. The molecule has 8 nitrogen and oxygen atoms in total. The van der Waals surface area contributed by atoms with Crippen molar-refractivity contribution in [3.05, 3.63) is 57.1 Å². The normalized spacial score (nSPS) is 13.1. The number of nitro groups is 1. The van der Waals surface area contributed by atoms with E-state index in [2.05, 4.69) is 4.98 Å². The number of aromatic nitrogens is 2. The van der Waals surface area contributed by atoms with E-state index in [4.69, 9.17) is 16.3 Å². The first kappa shape index (κ1) is 20.6. The first-order valence-electron chi connectivity index (χ1n) is 9.33. The van der Waals surface area contributed by atoms with Crippen molar-refractivity contribution in [1.82, 2.24) is 9.55 Å². The first-order chi connectivity index (χ1) is 14.5. The number of carbonyl (C=O) groups is 1. The highest BCUT2D eigenvalue weighted by atomic mass is 35.5. The second kappa shape index (κ2) is 8.63. The minimum absolute atomic E-state index is 0.0444. The molecule has 0 bridgehead atoms. The van der Waals surface area contributed by atoms with Crippen LogP contribution in [0.2, 0.25) is 5.02 Å². The zero-order valence-corrected chi connectivity index (χ0v) is 17.8. The van der Waals surface area contributed by atoms with Gasteiger partial charge >= 0.3 is 0 Å². The number of hydrogen-bond acceptors (Lipinski definition) is 6. The van der Waals surface area contributed by atoms with Crippen molar-refractivity contribution in [2.75, 3.05) is 30.9 Å². The Labute approximate surface area is 181 Å². The summed E-state index contributed by atoms with van der Waals surface area (Å²) in [5, 5.41) is 12.3. The number of carbonyl (C=O) groups excluding carboxylic acids is 1. The standard InChI is InChI=1S/C20H19ClN4O4S/c1-29-9-8-24-18-4-2-14(21)11-16(18)22-20(24)30-12-19(26)23-7-6-13-10-15(25(27)28)3-5-17(13)23/h2-5,10-11H,6-9,12H2,1H3. The highest BCUT2D eigenvalue weighted by molar-refractivity contribution is 7.99. The van der Waals surface area contributed by atoms with E-state index in [1.807, 2.05) is 16.7 Å². The van der Waals surface area contributed by atoms with Crippen LogP contribution < -0.4 is 4.90 Å². The Bertz CT molecular complexity index is 1130. The molecule has 3 aromatic rings. The minimum atomic E-state index is -0.419. The van der Waals surface area contributed by atoms with E-state index in [9.17, 15) is 14.9 Å². The number of thioether (sulfide) groups is 1. The fourth-order valence-corrected chi connectivity index (χ4v) is 4.64. The fraction of sp³-hybridized carbons (Fsp3) is 0.300. The van der Waals surface area contributed by atoms with Crippen LogP contribution in [-0.2, 0) is 22.5 Å². The molecular weight excluding hydrogens is 428 g/mol. The number of amides is 1. The predicted molar refractivity (Wildman–Crippen MR) is 116 cm³/mol. The molecular formula is C20H19ClN4O4S. The molecule has 1 aromatic heterocycles. The molecule has 1 amide bonds. The van der Waals surface area contributed by atoms with Gasteiger partial charge in [-0.15, -0.1) is 0 Å². The summed E-state index contributed by atoms with van der Waals surface area (Å²) in [6.45, 7) is 1.65. The maximum absolute atomic E-state index is 12.9. The van der Waals surface area contributed by atoms with Gasteiger partial charge in [0, 0.05) is 43.0 Å². The van der Waals surface area contributed by atoms with Gasteiger partial charge in [-0.3, -0.25) is 14.9 Å². The molecule has 30 heavy (non-hydrogen) atoms. The topological polar surface area (TPSA) is 90.5 Å². The average Bonchev–Trinajstić information content (AvgIpc) is 3.30. The average molecular weight is 447 g/mol. The summed E-state index contributed by atoms with van der Waals surface area (Å²) in [7, 11) is 1.64. The molecule has 0 atom stereocenters. The van der Waals surface area contributed by atoms with Crippen LogP contribution >= 0.6 is 23.4 Å². The number of anilines is 1. The molecule has 156 valence electrons. The zero-order chi connectivity index (χ0) is 21.3. The van der Waals surface area contributed by atoms with Crippen molar-refractivity contribution in [3.8, 4) is 0 Å². The van der Waals surface area contributed by atoms with Crippen molar-refractivity contribution in [2.45, 2.75) is 18.1 Å². The van der Waals surface area contributed by atoms with E-state index < -0.39 is 4.92 Å². The maximum Gasteiger partial charge on any atom is 0.269 e. The Morgan fingerprint density at radius 1 is 1.33 bits per heavy atom. The second-order valence-corrected chi connectivity index (χ2v) is 8.20. The smallest absolute Gasteiger partial charge is 0.269 e. The summed E-state index contributed by atoms with van der Waals surface area (Å²) in [6, 6.07) is 10.2. The number of rotatable bonds is 7. The highest BCUT2D eigenvalue weighted by Crippen LogP contribution is 2.32. The van der Waals surface area contributed by atoms with Crippen LogP contribution in [0.4, 0.5) is 11.4 Å². The molecule has 1 aliphatic heterocycles. The molecule has 0 radical (unpaired) electrons. The Kier molecular flexibility index (Phi) is 5.94. The van der Waals surface area contributed by atoms with Crippen molar-refractivity contribution in [2.24, 2.45) is 0 Å². The largest absolute Gasteiger partial charge is 0.383 e. The quantitative estimate of drug-likeness (QED) is 0.310. The Balaban J connectivity index is 1.52. The summed E-state index contributed by atoms with van der Waals surface area (Å²) >= 11 is 7.45. The van der Waals surface area contributed by atoms with Crippen LogP contribution in [0, 0.1) is 10.1 Å². The molecule has 0 saturated heterocycles. The van der Waals surface area contributed by atoms with E-state index in [1.54, 1.807) is 30.2 Å². The van der Waals surface area contributed by atoms with Gasteiger partial charge in [0.05, 0.1) is 28.3 Å². The van der Waals surface area contributed by atoms with Crippen molar-refractivity contribution >= 4 is 51.7 Å². The van der Waals surface area contributed by atoms with Gasteiger partial charge in [-0.1, -0.05) is 23.4 Å². The molecule has 2 heterocycles. The van der Waals surface area contributed by atoms with Gasteiger partial charge < -0.3 is 14.2 Å². The molecule has 0 fully saturated rings. The summed E-state index contributed by atoms with van der Waals surface area (Å²) in [4.78, 5) is 29.8. The number of benzene rings is 2. The summed E-state index contributed by atoms with van der Waals surface area (Å²) in [6.07, 6.45) is 0.609. The number of non-ortho nitro benzene ring substituents is 1. The molecule has 0 unspecified atom stereocenters. The molecule has 0 spiro atoms. The molecule has 4 rings (SSSR count). The van der Waals surface area contributed by atoms with Crippen LogP contribution in [0.15, 0.2) is 41.6 Å². The molecule has 0 saturated carbocycles. The molecule has 2 aromatic carbocycles. The summed E-state index contributed by atoms with van der Waals surface area (Å²) in [5.74, 6) is 0.150. The third kappa shape index (κ3) is 4.00. The van der Waals surface area contributed by atoms with E-state index in [-0.39, 0.29) is 17.3 Å². The van der Waals surface area contributed by atoms with Gasteiger partial charge in [-0.05, 0) is 36.2 Å². The van der Waals surface area contributed by atoms with Crippen molar-refractivity contribution in [1.29, 1.82) is 0 Å². The lowest BCUT2D eigenvalue weighted by atomic mass is 10.1. The van der Waals surface area contributed by atoms with E-state index in [0.29, 0.717) is 31.1 Å². The number of imidazole rings is 1. The Hall–Kier alpha value is -2.62. The second-order valence-electron chi connectivity index (χ2n) is 6.83. The van der Waals surface area contributed by atoms with Crippen molar-refractivity contribution in [3.63, 3.8) is 0 Å². The van der Waals surface area contributed by atoms with Crippen LogP contribution in [0.3, 0.4) is 0 Å². The molecule has 0 N–H and O–H groups in total. The van der Waals surface area contributed by atoms with Gasteiger partial charge in [0.15, 0.2) is 5.16 Å². The third-order valence-electron chi connectivity index (χ3n) is 4.99. The Morgan fingerprint density at radius 3 is 2.93 bits per heavy atom.